The van der Waals surface area contributed by atoms with Gasteiger partial charge in [0.15, 0.2) is 11.5 Å². The molecule has 0 aliphatic carbocycles. The summed E-state index contributed by atoms with van der Waals surface area (Å²) in [6.07, 6.45) is -3.24. The summed E-state index contributed by atoms with van der Waals surface area (Å²) in [5, 5.41) is 0.296. The fourth-order valence-corrected chi connectivity index (χ4v) is 4.37. The summed E-state index contributed by atoms with van der Waals surface area (Å²) in [4.78, 5) is 30.5. The number of carbonyl (C=O) groups excluding carboxylic acids is 2. The number of nitrogens with zero attached hydrogens (tertiary/aromatic N) is 2. The molecule has 3 rings (SSSR count). The van der Waals surface area contributed by atoms with Crippen molar-refractivity contribution >= 4 is 23.6 Å². The van der Waals surface area contributed by atoms with Gasteiger partial charge < -0.3 is 19.1 Å². The molecule has 1 unspecified atom stereocenters. The second-order valence-corrected chi connectivity index (χ2v) is 8.21. The molecule has 33 heavy (non-hydrogen) atoms. The van der Waals surface area contributed by atoms with Crippen LogP contribution in [0.4, 0.5) is 13.2 Å². The smallest absolute Gasteiger partial charge is 0.417 e. The van der Waals surface area contributed by atoms with Crippen LogP contribution in [0.2, 0.25) is 0 Å². The molecule has 7 nitrogen and oxygen atoms in total. The Morgan fingerprint density at radius 1 is 1.15 bits per heavy atom. The molecule has 1 aromatic heterocycles. The minimum atomic E-state index is -4.47. The lowest BCUT2D eigenvalue weighted by Crippen LogP contribution is -2.42. The first-order valence-corrected chi connectivity index (χ1v) is 10.9. The molecule has 0 spiro atoms. The van der Waals surface area contributed by atoms with Gasteiger partial charge in [-0.15, -0.1) is 0 Å². The number of carbonyl (C=O) groups is 2. The fraction of sp³-hybridized carbons (Fsp3) is 0.409. The third-order valence-corrected chi connectivity index (χ3v) is 6.25. The Labute approximate surface area is 193 Å². The fourth-order valence-electron chi connectivity index (χ4n) is 3.64. The molecule has 0 N–H and O–H groups in total. The molecular formula is C22H23F3N2O5S. The molecule has 178 valence electrons. The lowest BCUT2D eigenvalue weighted by atomic mass is 9.90. The number of ether oxygens (including phenoxy) is 3. The average Bonchev–Trinajstić information content (AvgIpc) is 2.81. The molecule has 1 aromatic carbocycles. The van der Waals surface area contributed by atoms with Gasteiger partial charge in [0.25, 0.3) is 0 Å². The molecule has 0 radical (unpaired) electrons. The summed E-state index contributed by atoms with van der Waals surface area (Å²) < 4.78 is 53.7. The Morgan fingerprint density at radius 2 is 1.85 bits per heavy atom. The summed E-state index contributed by atoms with van der Waals surface area (Å²) in [6, 6.07) is 5.17. The summed E-state index contributed by atoms with van der Waals surface area (Å²) in [5.41, 5.74) is 0.839. The van der Waals surface area contributed by atoms with Crippen molar-refractivity contribution in [2.75, 3.05) is 33.6 Å². The molecule has 1 aliphatic rings. The normalized spacial score (nSPS) is 15.6. The van der Waals surface area contributed by atoms with Crippen LogP contribution in [0, 0.1) is 0 Å². The van der Waals surface area contributed by atoms with E-state index in [0.29, 0.717) is 29.5 Å². The van der Waals surface area contributed by atoms with Crippen LogP contribution in [-0.2, 0) is 26.9 Å². The highest BCUT2D eigenvalue weighted by Gasteiger charge is 2.34. The maximum Gasteiger partial charge on any atom is 0.417 e. The number of pyridine rings is 1. The Balaban J connectivity index is 1.80. The molecule has 1 aliphatic heterocycles. The highest BCUT2D eigenvalue weighted by atomic mass is 32.2. The van der Waals surface area contributed by atoms with Crippen molar-refractivity contribution in [3.05, 3.63) is 47.2 Å². The molecule has 0 fully saturated rings. The SMILES string of the molecule is COC(=O)CC1c2cc(OC)c(OC)cc2CCN1C(=O)CSc1ccc(C(F)(F)F)cn1. The largest absolute Gasteiger partial charge is 0.493 e. The van der Waals surface area contributed by atoms with Crippen LogP contribution >= 0.6 is 11.8 Å². The maximum atomic E-state index is 13.1. The first-order valence-electron chi connectivity index (χ1n) is 9.95. The van der Waals surface area contributed by atoms with Crippen molar-refractivity contribution in [3.63, 3.8) is 0 Å². The van der Waals surface area contributed by atoms with E-state index in [-0.39, 0.29) is 18.1 Å². The van der Waals surface area contributed by atoms with Crippen LogP contribution in [0.5, 0.6) is 11.5 Å². The van der Waals surface area contributed by atoms with Crippen molar-refractivity contribution in [1.29, 1.82) is 0 Å². The van der Waals surface area contributed by atoms with Crippen molar-refractivity contribution in [1.82, 2.24) is 9.88 Å². The summed E-state index contributed by atoms with van der Waals surface area (Å²) in [6.45, 7) is 0.365. The predicted octanol–water partition coefficient (Wildman–Crippen LogP) is 3.90. The number of hydrogen-bond donors (Lipinski definition) is 0. The molecule has 2 heterocycles. The van der Waals surface area contributed by atoms with Crippen LogP contribution in [-0.4, -0.2) is 55.4 Å². The number of aromatic nitrogens is 1. The number of halogens is 3. The van der Waals surface area contributed by atoms with E-state index in [1.165, 1.54) is 27.4 Å². The van der Waals surface area contributed by atoms with Gasteiger partial charge in [0.05, 0.1) is 50.1 Å². The lowest BCUT2D eigenvalue weighted by molar-refractivity contribution is -0.144. The number of hydrogen-bond acceptors (Lipinski definition) is 7. The zero-order valence-electron chi connectivity index (χ0n) is 18.3. The average molecular weight is 484 g/mol. The van der Waals surface area contributed by atoms with Gasteiger partial charge in [-0.05, 0) is 41.8 Å². The van der Waals surface area contributed by atoms with E-state index in [4.69, 9.17) is 14.2 Å². The van der Waals surface area contributed by atoms with E-state index in [0.717, 1.165) is 35.2 Å². The Hall–Kier alpha value is -2.95. The van der Waals surface area contributed by atoms with Crippen LogP contribution in [0.25, 0.3) is 0 Å². The maximum absolute atomic E-state index is 13.1. The van der Waals surface area contributed by atoms with Gasteiger partial charge in [0, 0.05) is 12.7 Å². The summed E-state index contributed by atoms with van der Waals surface area (Å²) >= 11 is 1.03. The van der Waals surface area contributed by atoms with Crippen molar-refractivity contribution in [2.24, 2.45) is 0 Å². The molecular weight excluding hydrogens is 461 g/mol. The molecule has 0 saturated heterocycles. The van der Waals surface area contributed by atoms with Gasteiger partial charge >= 0.3 is 12.1 Å². The van der Waals surface area contributed by atoms with E-state index in [9.17, 15) is 22.8 Å². The minimum absolute atomic E-state index is 0.0430. The number of esters is 1. The number of fused-ring (bicyclic) bond motifs is 1. The van der Waals surface area contributed by atoms with E-state index >= 15 is 0 Å². The molecule has 11 heteroatoms. The van der Waals surface area contributed by atoms with Crippen molar-refractivity contribution in [2.45, 2.75) is 30.1 Å². The van der Waals surface area contributed by atoms with Gasteiger partial charge in [-0.2, -0.15) is 13.2 Å². The van der Waals surface area contributed by atoms with E-state index < -0.39 is 23.8 Å². The first kappa shape index (κ1) is 24.7. The van der Waals surface area contributed by atoms with E-state index in [1.54, 1.807) is 11.0 Å². The third kappa shape index (κ3) is 5.70. The van der Waals surface area contributed by atoms with Crippen LogP contribution in [0.3, 0.4) is 0 Å². The predicted molar refractivity (Wildman–Crippen MR) is 114 cm³/mol. The van der Waals surface area contributed by atoms with Crippen LogP contribution < -0.4 is 9.47 Å². The Bertz CT molecular complexity index is 1010. The second-order valence-electron chi connectivity index (χ2n) is 7.21. The molecule has 0 saturated carbocycles. The number of methoxy groups -OCH3 is 3. The van der Waals surface area contributed by atoms with Gasteiger partial charge in [0.2, 0.25) is 5.91 Å². The van der Waals surface area contributed by atoms with Gasteiger partial charge in [-0.25, -0.2) is 4.98 Å². The highest BCUT2D eigenvalue weighted by molar-refractivity contribution is 7.99. The Morgan fingerprint density at radius 3 is 2.42 bits per heavy atom. The summed E-state index contributed by atoms with van der Waals surface area (Å²) in [7, 11) is 4.30. The lowest BCUT2D eigenvalue weighted by Gasteiger charge is -2.37. The zero-order chi connectivity index (χ0) is 24.2. The number of amides is 1. The van der Waals surface area contributed by atoms with Crippen molar-refractivity contribution < 1.29 is 37.0 Å². The van der Waals surface area contributed by atoms with Gasteiger partial charge in [0.1, 0.15) is 0 Å². The molecule has 0 bridgehead atoms. The summed E-state index contributed by atoms with van der Waals surface area (Å²) in [5.74, 6) is 0.243. The van der Waals surface area contributed by atoms with Gasteiger partial charge in [-0.3, -0.25) is 9.59 Å². The topological polar surface area (TPSA) is 78.0 Å². The molecule has 1 amide bonds. The van der Waals surface area contributed by atoms with Gasteiger partial charge in [-0.1, -0.05) is 11.8 Å². The van der Waals surface area contributed by atoms with E-state index in [2.05, 4.69) is 4.98 Å². The third-order valence-electron chi connectivity index (χ3n) is 5.32. The minimum Gasteiger partial charge on any atom is -0.493 e. The standard InChI is InChI=1S/C22H23F3N2O5S/c1-30-17-8-13-6-7-27(16(10-21(29)32-3)15(13)9-18(17)31-2)20(28)12-33-19-5-4-14(11-26-19)22(23,24)25/h4-5,8-9,11,16H,6-7,10,12H2,1-3H3. The monoisotopic (exact) mass is 484 g/mol. The van der Waals surface area contributed by atoms with E-state index in [1.807, 2.05) is 6.07 Å². The Kier molecular flexibility index (Phi) is 7.72. The number of alkyl halides is 3. The highest BCUT2D eigenvalue weighted by Crippen LogP contribution is 2.40. The first-order chi connectivity index (χ1) is 15.7. The van der Waals surface area contributed by atoms with Crippen molar-refractivity contribution in [3.8, 4) is 11.5 Å². The quantitative estimate of drug-likeness (QED) is 0.436. The number of rotatable bonds is 7. The molecule has 2 aromatic rings. The number of thioether (sulfide) groups is 1. The number of benzene rings is 1. The zero-order valence-corrected chi connectivity index (χ0v) is 19.1. The second kappa shape index (κ2) is 10.3. The molecule has 1 atom stereocenters. The van der Waals surface area contributed by atoms with Crippen LogP contribution in [0.15, 0.2) is 35.5 Å². The van der Waals surface area contributed by atoms with Crippen LogP contribution in [0.1, 0.15) is 29.2 Å².